The van der Waals surface area contributed by atoms with Crippen molar-refractivity contribution in [2.75, 3.05) is 18.0 Å². The molecule has 0 atom stereocenters. The molecule has 1 aliphatic rings. The summed E-state index contributed by atoms with van der Waals surface area (Å²) in [5.41, 5.74) is 10.4. The molecule has 0 radical (unpaired) electrons. The summed E-state index contributed by atoms with van der Waals surface area (Å²) in [4.78, 5) is 2.33. The van der Waals surface area contributed by atoms with Gasteiger partial charge in [-0.15, -0.1) is 0 Å². The number of aryl methyl sites for hydroxylation is 1. The van der Waals surface area contributed by atoms with Crippen molar-refractivity contribution in [1.29, 1.82) is 0 Å². The highest BCUT2D eigenvalue weighted by Crippen LogP contribution is 2.34. The largest absolute Gasteiger partial charge is 0.341 e. The summed E-state index contributed by atoms with van der Waals surface area (Å²) in [6.07, 6.45) is 4.15. The van der Waals surface area contributed by atoms with E-state index in [0.717, 1.165) is 30.6 Å². The fourth-order valence-corrected chi connectivity index (χ4v) is 3.11. The lowest BCUT2D eigenvalue weighted by Gasteiger charge is -2.27. The van der Waals surface area contributed by atoms with Crippen LogP contribution < -0.4 is 10.6 Å². The number of halogens is 1. The molecule has 2 nitrogen and oxygen atoms in total. The van der Waals surface area contributed by atoms with Crippen molar-refractivity contribution in [2.45, 2.75) is 25.7 Å². The monoisotopic (exact) mass is 284 g/mol. The van der Waals surface area contributed by atoms with Gasteiger partial charge < -0.3 is 10.6 Å². The number of benzene rings is 2. The van der Waals surface area contributed by atoms with Gasteiger partial charge in [-0.3, -0.25) is 0 Å². The van der Waals surface area contributed by atoms with E-state index in [0.29, 0.717) is 13.0 Å². The van der Waals surface area contributed by atoms with Crippen molar-refractivity contribution in [3.8, 4) is 0 Å². The SMILES string of the molecule is NCCc1cc(F)ccc1N1CCCCc2ccccc21. The minimum Gasteiger partial charge on any atom is -0.341 e. The molecule has 0 saturated carbocycles. The Morgan fingerprint density at radius 1 is 1.05 bits per heavy atom. The van der Waals surface area contributed by atoms with Gasteiger partial charge in [-0.05, 0) is 67.6 Å². The van der Waals surface area contributed by atoms with E-state index in [9.17, 15) is 4.39 Å². The van der Waals surface area contributed by atoms with Crippen LogP contribution in [0.15, 0.2) is 42.5 Å². The van der Waals surface area contributed by atoms with Crippen LogP contribution in [0.4, 0.5) is 15.8 Å². The smallest absolute Gasteiger partial charge is 0.123 e. The molecule has 2 aromatic carbocycles. The van der Waals surface area contributed by atoms with Crippen LogP contribution in [0.3, 0.4) is 0 Å². The predicted octanol–water partition coefficient (Wildman–Crippen LogP) is 3.80. The van der Waals surface area contributed by atoms with Gasteiger partial charge in [0.2, 0.25) is 0 Å². The first kappa shape index (κ1) is 14.1. The second-order valence-corrected chi connectivity index (χ2v) is 5.55. The van der Waals surface area contributed by atoms with Crippen LogP contribution in [0.25, 0.3) is 0 Å². The number of nitrogens with two attached hydrogens (primary N) is 1. The zero-order valence-corrected chi connectivity index (χ0v) is 12.2. The van der Waals surface area contributed by atoms with Gasteiger partial charge in [0.25, 0.3) is 0 Å². The first-order valence-corrected chi connectivity index (χ1v) is 7.63. The minimum absolute atomic E-state index is 0.190. The second kappa shape index (κ2) is 6.27. The Labute approximate surface area is 125 Å². The lowest BCUT2D eigenvalue weighted by atomic mass is 10.1. The highest BCUT2D eigenvalue weighted by Gasteiger charge is 2.18. The summed E-state index contributed by atoms with van der Waals surface area (Å²) in [6.45, 7) is 1.51. The first-order valence-electron chi connectivity index (χ1n) is 7.63. The normalized spacial score (nSPS) is 14.7. The molecule has 2 aromatic rings. The maximum atomic E-state index is 13.6. The zero-order valence-electron chi connectivity index (χ0n) is 12.2. The van der Waals surface area contributed by atoms with Crippen LogP contribution in [-0.2, 0) is 12.8 Å². The summed E-state index contributed by atoms with van der Waals surface area (Å²) in [7, 11) is 0. The van der Waals surface area contributed by atoms with E-state index < -0.39 is 0 Å². The molecule has 0 saturated heterocycles. The van der Waals surface area contributed by atoms with Crippen molar-refractivity contribution in [2.24, 2.45) is 5.73 Å². The van der Waals surface area contributed by atoms with E-state index >= 15 is 0 Å². The molecule has 110 valence electrons. The number of rotatable bonds is 3. The Hall–Kier alpha value is -1.87. The summed E-state index contributed by atoms with van der Waals surface area (Å²) >= 11 is 0. The van der Waals surface area contributed by atoms with Gasteiger partial charge >= 0.3 is 0 Å². The number of hydrogen-bond acceptors (Lipinski definition) is 2. The number of para-hydroxylation sites is 1. The van der Waals surface area contributed by atoms with Crippen molar-refractivity contribution in [3.63, 3.8) is 0 Å². The molecule has 21 heavy (non-hydrogen) atoms. The average Bonchev–Trinajstić information content (AvgIpc) is 2.70. The van der Waals surface area contributed by atoms with Crippen LogP contribution in [0.1, 0.15) is 24.0 Å². The van der Waals surface area contributed by atoms with Crippen LogP contribution in [-0.4, -0.2) is 13.1 Å². The van der Waals surface area contributed by atoms with Gasteiger partial charge in [0.1, 0.15) is 5.82 Å². The summed E-state index contributed by atoms with van der Waals surface area (Å²) in [5.74, 6) is -0.190. The molecular formula is C18H21FN2. The van der Waals surface area contributed by atoms with E-state index in [1.54, 1.807) is 12.1 Å². The maximum Gasteiger partial charge on any atom is 0.123 e. The van der Waals surface area contributed by atoms with E-state index in [2.05, 4.69) is 29.2 Å². The number of anilines is 2. The molecule has 0 amide bonds. The number of nitrogens with zero attached hydrogens (tertiary/aromatic N) is 1. The van der Waals surface area contributed by atoms with Gasteiger partial charge in [-0.2, -0.15) is 0 Å². The summed E-state index contributed by atoms with van der Waals surface area (Å²) < 4.78 is 13.6. The third-order valence-electron chi connectivity index (χ3n) is 4.11. The summed E-state index contributed by atoms with van der Waals surface area (Å²) in [5, 5.41) is 0. The van der Waals surface area contributed by atoms with Crippen molar-refractivity contribution in [1.82, 2.24) is 0 Å². The fourth-order valence-electron chi connectivity index (χ4n) is 3.11. The molecule has 2 N–H and O–H groups in total. The Bertz CT molecular complexity index is 624. The van der Waals surface area contributed by atoms with Crippen molar-refractivity contribution >= 4 is 11.4 Å². The molecule has 1 heterocycles. The van der Waals surface area contributed by atoms with Crippen molar-refractivity contribution < 1.29 is 4.39 Å². The third-order valence-corrected chi connectivity index (χ3v) is 4.11. The molecule has 0 fully saturated rings. The highest BCUT2D eigenvalue weighted by atomic mass is 19.1. The summed E-state index contributed by atoms with van der Waals surface area (Å²) in [6, 6.07) is 13.6. The topological polar surface area (TPSA) is 29.3 Å². The molecule has 3 heteroatoms. The molecule has 0 aromatic heterocycles. The lowest BCUT2D eigenvalue weighted by Crippen LogP contribution is -2.20. The minimum atomic E-state index is -0.190. The van der Waals surface area contributed by atoms with Gasteiger partial charge in [0, 0.05) is 17.9 Å². The van der Waals surface area contributed by atoms with E-state index in [4.69, 9.17) is 5.73 Å². The Morgan fingerprint density at radius 3 is 2.76 bits per heavy atom. The van der Waals surface area contributed by atoms with Gasteiger partial charge in [0.15, 0.2) is 0 Å². The van der Waals surface area contributed by atoms with Crippen LogP contribution >= 0.6 is 0 Å². The molecule has 0 aliphatic carbocycles. The standard InChI is InChI=1S/C18H21FN2/c19-16-8-9-18(15(13-16)10-11-20)21-12-4-3-6-14-5-1-2-7-17(14)21/h1-2,5,7-9,13H,3-4,6,10-12,20H2. The number of hydrogen-bond donors (Lipinski definition) is 1. The quantitative estimate of drug-likeness (QED) is 0.929. The Kier molecular flexibility index (Phi) is 4.20. The molecule has 3 rings (SSSR count). The Balaban J connectivity index is 2.07. The van der Waals surface area contributed by atoms with Gasteiger partial charge in [0.05, 0.1) is 0 Å². The molecule has 0 bridgehead atoms. The fraction of sp³-hybridized carbons (Fsp3) is 0.333. The molecular weight excluding hydrogens is 263 g/mol. The predicted molar refractivity (Wildman–Crippen MR) is 85.5 cm³/mol. The third kappa shape index (κ3) is 2.93. The number of fused-ring (bicyclic) bond motifs is 1. The highest BCUT2D eigenvalue weighted by molar-refractivity contribution is 5.69. The molecule has 0 spiro atoms. The van der Waals surface area contributed by atoms with E-state index in [1.165, 1.54) is 17.7 Å². The first-order chi connectivity index (χ1) is 10.3. The molecule has 1 aliphatic heterocycles. The van der Waals surface area contributed by atoms with E-state index in [1.807, 2.05) is 6.07 Å². The van der Waals surface area contributed by atoms with Crippen LogP contribution in [0, 0.1) is 5.82 Å². The van der Waals surface area contributed by atoms with Gasteiger partial charge in [-0.25, -0.2) is 4.39 Å². The van der Waals surface area contributed by atoms with Crippen molar-refractivity contribution in [3.05, 3.63) is 59.4 Å². The maximum absolute atomic E-state index is 13.6. The lowest BCUT2D eigenvalue weighted by molar-refractivity contribution is 0.625. The zero-order chi connectivity index (χ0) is 14.7. The van der Waals surface area contributed by atoms with Gasteiger partial charge in [-0.1, -0.05) is 18.2 Å². The van der Waals surface area contributed by atoms with Crippen LogP contribution in [0.5, 0.6) is 0 Å². The molecule has 0 unspecified atom stereocenters. The van der Waals surface area contributed by atoms with Crippen LogP contribution in [0.2, 0.25) is 0 Å². The average molecular weight is 284 g/mol. The Morgan fingerprint density at radius 2 is 1.90 bits per heavy atom. The van der Waals surface area contributed by atoms with E-state index in [-0.39, 0.29) is 5.82 Å². The second-order valence-electron chi connectivity index (χ2n) is 5.55.